The Morgan fingerprint density at radius 1 is 1.18 bits per heavy atom. The van der Waals surface area contributed by atoms with Crippen LogP contribution in [-0.2, 0) is 0 Å². The smallest absolute Gasteiger partial charge is 0.0696 e. The molecule has 3 nitrogen and oxygen atoms in total. The van der Waals surface area contributed by atoms with Gasteiger partial charge in [0.2, 0.25) is 0 Å². The zero-order chi connectivity index (χ0) is 12.3. The van der Waals surface area contributed by atoms with Gasteiger partial charge in [0.05, 0.1) is 6.21 Å². The molecule has 0 unspecified atom stereocenters. The van der Waals surface area contributed by atoms with Crippen LogP contribution in [0.5, 0.6) is 0 Å². The van der Waals surface area contributed by atoms with Gasteiger partial charge in [0.1, 0.15) is 0 Å². The lowest BCUT2D eigenvalue weighted by atomic mass is 10.0. The molecule has 0 saturated heterocycles. The molecule has 17 heavy (non-hydrogen) atoms. The van der Waals surface area contributed by atoms with E-state index in [-0.39, 0.29) is 0 Å². The van der Waals surface area contributed by atoms with E-state index in [1.54, 1.807) is 6.21 Å². The van der Waals surface area contributed by atoms with Gasteiger partial charge in [-0.1, -0.05) is 17.3 Å². The summed E-state index contributed by atoms with van der Waals surface area (Å²) in [4.78, 5) is 2.09. The molecular formula is C14H18N2O. The zero-order valence-corrected chi connectivity index (χ0v) is 10.3. The molecule has 3 heteroatoms. The highest BCUT2D eigenvalue weighted by molar-refractivity contribution is 5.92. The molecule has 1 aromatic carbocycles. The van der Waals surface area contributed by atoms with Gasteiger partial charge in [-0.3, -0.25) is 0 Å². The van der Waals surface area contributed by atoms with E-state index in [0.717, 1.165) is 24.8 Å². The van der Waals surface area contributed by atoms with Crippen molar-refractivity contribution in [2.24, 2.45) is 5.16 Å². The summed E-state index contributed by atoms with van der Waals surface area (Å²) in [7, 11) is 4.07. The Kier molecular flexibility index (Phi) is 3.47. The second-order valence-electron chi connectivity index (χ2n) is 4.54. The number of allylic oxidation sites excluding steroid dienone is 2. The highest BCUT2D eigenvalue weighted by Gasteiger charge is 2.14. The number of nitrogens with zero attached hydrogens (tertiary/aromatic N) is 2. The topological polar surface area (TPSA) is 35.8 Å². The molecule has 90 valence electrons. The highest BCUT2D eigenvalue weighted by atomic mass is 16.4. The molecule has 0 saturated carbocycles. The lowest BCUT2D eigenvalue weighted by Gasteiger charge is -2.13. The van der Waals surface area contributed by atoms with Crippen molar-refractivity contribution in [3.8, 4) is 0 Å². The summed E-state index contributed by atoms with van der Waals surface area (Å²) < 4.78 is 0. The minimum atomic E-state index is 1.01. The molecule has 0 atom stereocenters. The van der Waals surface area contributed by atoms with Crippen LogP contribution in [0, 0.1) is 0 Å². The molecule has 1 aromatic rings. The molecule has 0 heterocycles. The van der Waals surface area contributed by atoms with Gasteiger partial charge in [-0.25, -0.2) is 0 Å². The normalized spacial score (nSPS) is 15.9. The van der Waals surface area contributed by atoms with Gasteiger partial charge in [0.15, 0.2) is 0 Å². The first-order chi connectivity index (χ1) is 8.22. The molecule has 0 radical (unpaired) electrons. The van der Waals surface area contributed by atoms with Gasteiger partial charge in [-0.2, -0.15) is 0 Å². The summed E-state index contributed by atoms with van der Waals surface area (Å²) in [6.45, 7) is 0. The predicted octanol–water partition coefficient (Wildman–Crippen LogP) is 3.15. The maximum absolute atomic E-state index is 8.64. The van der Waals surface area contributed by atoms with Gasteiger partial charge in [0, 0.05) is 19.8 Å². The molecule has 1 aliphatic rings. The predicted molar refractivity (Wildman–Crippen MR) is 71.8 cm³/mol. The molecule has 0 aliphatic heterocycles. The third-order valence-electron chi connectivity index (χ3n) is 3.21. The SMILES string of the molecule is CN(C)c1ccc(C2=C(/C=N/O)CCC2)cc1. The molecule has 0 spiro atoms. The number of benzene rings is 1. The van der Waals surface area contributed by atoms with Crippen LogP contribution in [0.3, 0.4) is 0 Å². The van der Waals surface area contributed by atoms with E-state index >= 15 is 0 Å². The van der Waals surface area contributed by atoms with Crippen molar-refractivity contribution in [3.63, 3.8) is 0 Å². The Bertz CT molecular complexity index is 444. The second kappa shape index (κ2) is 5.04. The quantitative estimate of drug-likeness (QED) is 0.492. The van der Waals surface area contributed by atoms with Gasteiger partial charge < -0.3 is 10.1 Å². The van der Waals surface area contributed by atoms with Gasteiger partial charge in [-0.15, -0.1) is 0 Å². The van der Waals surface area contributed by atoms with Crippen molar-refractivity contribution >= 4 is 17.5 Å². The van der Waals surface area contributed by atoms with Crippen molar-refractivity contribution in [3.05, 3.63) is 35.4 Å². The van der Waals surface area contributed by atoms with Crippen LogP contribution >= 0.6 is 0 Å². The average molecular weight is 230 g/mol. The van der Waals surface area contributed by atoms with Crippen molar-refractivity contribution in [1.82, 2.24) is 0 Å². The van der Waals surface area contributed by atoms with Crippen molar-refractivity contribution in [2.75, 3.05) is 19.0 Å². The van der Waals surface area contributed by atoms with Crippen LogP contribution in [0.4, 0.5) is 5.69 Å². The number of hydrogen-bond donors (Lipinski definition) is 1. The van der Waals surface area contributed by atoms with Crippen molar-refractivity contribution < 1.29 is 5.21 Å². The molecule has 1 aliphatic carbocycles. The van der Waals surface area contributed by atoms with Crippen LogP contribution < -0.4 is 4.90 Å². The van der Waals surface area contributed by atoms with Crippen molar-refractivity contribution in [1.29, 1.82) is 0 Å². The lowest BCUT2D eigenvalue weighted by molar-refractivity contribution is 0.321. The van der Waals surface area contributed by atoms with Gasteiger partial charge in [-0.05, 0) is 48.1 Å². The lowest BCUT2D eigenvalue weighted by Crippen LogP contribution is -2.08. The number of rotatable bonds is 3. The van der Waals surface area contributed by atoms with E-state index in [1.165, 1.54) is 16.8 Å². The van der Waals surface area contributed by atoms with Crippen molar-refractivity contribution in [2.45, 2.75) is 19.3 Å². The summed E-state index contributed by atoms with van der Waals surface area (Å²) in [6.07, 6.45) is 4.80. The summed E-state index contributed by atoms with van der Waals surface area (Å²) in [5.41, 5.74) is 4.91. The van der Waals surface area contributed by atoms with Crippen LogP contribution in [0.15, 0.2) is 35.0 Å². The molecule has 0 aromatic heterocycles. The Morgan fingerprint density at radius 2 is 1.88 bits per heavy atom. The first-order valence-electron chi connectivity index (χ1n) is 5.89. The van der Waals surface area contributed by atoms with Gasteiger partial charge >= 0.3 is 0 Å². The molecule has 2 rings (SSSR count). The molecular weight excluding hydrogens is 212 g/mol. The Hall–Kier alpha value is -1.77. The maximum Gasteiger partial charge on any atom is 0.0696 e. The first kappa shape index (κ1) is 11.7. The van der Waals surface area contributed by atoms with Crippen LogP contribution in [-0.4, -0.2) is 25.5 Å². The minimum Gasteiger partial charge on any atom is -0.411 e. The van der Waals surface area contributed by atoms with Crippen LogP contribution in [0.25, 0.3) is 5.57 Å². The summed E-state index contributed by atoms with van der Waals surface area (Å²) in [6, 6.07) is 8.52. The fourth-order valence-corrected chi connectivity index (χ4v) is 2.27. The highest BCUT2D eigenvalue weighted by Crippen LogP contribution is 2.33. The fraction of sp³-hybridized carbons (Fsp3) is 0.357. The summed E-state index contributed by atoms with van der Waals surface area (Å²) in [5.74, 6) is 0. The molecule has 0 fully saturated rings. The Balaban J connectivity index is 2.31. The molecule has 1 N–H and O–H groups in total. The van der Waals surface area contributed by atoms with Crippen LogP contribution in [0.1, 0.15) is 24.8 Å². The number of hydrogen-bond acceptors (Lipinski definition) is 3. The van der Waals surface area contributed by atoms with E-state index in [4.69, 9.17) is 5.21 Å². The van der Waals surface area contributed by atoms with E-state index in [0.29, 0.717) is 0 Å². The summed E-state index contributed by atoms with van der Waals surface area (Å²) in [5, 5.41) is 11.8. The van der Waals surface area contributed by atoms with E-state index < -0.39 is 0 Å². The third kappa shape index (κ3) is 2.49. The molecule has 0 amide bonds. The zero-order valence-electron chi connectivity index (χ0n) is 10.3. The van der Waals surface area contributed by atoms with E-state index in [2.05, 4.69) is 34.3 Å². The monoisotopic (exact) mass is 230 g/mol. The fourth-order valence-electron chi connectivity index (χ4n) is 2.27. The Morgan fingerprint density at radius 3 is 2.47 bits per heavy atom. The summed E-state index contributed by atoms with van der Waals surface area (Å²) >= 11 is 0. The van der Waals surface area contributed by atoms with Crippen LogP contribution in [0.2, 0.25) is 0 Å². The van der Waals surface area contributed by atoms with E-state index in [9.17, 15) is 0 Å². The van der Waals surface area contributed by atoms with E-state index in [1.807, 2.05) is 14.1 Å². The van der Waals surface area contributed by atoms with Gasteiger partial charge in [0.25, 0.3) is 0 Å². The third-order valence-corrected chi connectivity index (χ3v) is 3.21. The number of anilines is 1. The number of oxime groups is 1. The standard InChI is InChI=1S/C14H18N2O/c1-16(2)13-8-6-11(7-9-13)14-5-3-4-12(14)10-15-17/h6-10,17H,3-5H2,1-2H3/b15-10+. The molecule has 0 bridgehead atoms. The Labute approximate surface area is 102 Å². The first-order valence-corrected chi connectivity index (χ1v) is 5.89. The maximum atomic E-state index is 8.64. The second-order valence-corrected chi connectivity index (χ2v) is 4.54. The largest absolute Gasteiger partial charge is 0.411 e. The average Bonchev–Trinajstić information content (AvgIpc) is 2.78. The minimum absolute atomic E-state index is 1.01.